The normalized spacial score (nSPS) is 11.7. The van der Waals surface area contributed by atoms with Crippen molar-refractivity contribution in [3.8, 4) is 0 Å². The van der Waals surface area contributed by atoms with E-state index in [0.29, 0.717) is 6.42 Å². The van der Waals surface area contributed by atoms with Gasteiger partial charge in [-0.3, -0.25) is 9.59 Å². The van der Waals surface area contributed by atoms with E-state index in [1.165, 1.54) is 18.2 Å². The molecule has 0 heterocycles. The van der Waals surface area contributed by atoms with E-state index >= 15 is 0 Å². The summed E-state index contributed by atoms with van der Waals surface area (Å²) in [6, 6.07) is 11.9. The van der Waals surface area contributed by atoms with E-state index in [9.17, 15) is 14.0 Å². The predicted molar refractivity (Wildman–Crippen MR) is 98.4 cm³/mol. The van der Waals surface area contributed by atoms with Gasteiger partial charge in [0.2, 0.25) is 0 Å². The van der Waals surface area contributed by atoms with Crippen LogP contribution in [-0.2, 0) is 20.7 Å². The molecule has 0 saturated carbocycles. The van der Waals surface area contributed by atoms with E-state index in [-0.39, 0.29) is 23.0 Å². The van der Waals surface area contributed by atoms with Gasteiger partial charge < -0.3 is 10.1 Å². The van der Waals surface area contributed by atoms with Gasteiger partial charge in [0.25, 0.3) is 5.91 Å². The fourth-order valence-electron chi connectivity index (χ4n) is 2.50. The number of carbonyl (C=O) groups excluding carboxylic acids is 2. The van der Waals surface area contributed by atoms with E-state index in [0.717, 1.165) is 11.1 Å². The second kappa shape index (κ2) is 9.34. The molecule has 0 fully saturated rings. The molecule has 0 saturated heterocycles. The van der Waals surface area contributed by atoms with Crippen LogP contribution in [0.15, 0.2) is 42.5 Å². The molecule has 0 aliphatic heterocycles. The lowest BCUT2D eigenvalue weighted by Crippen LogP contribution is -2.32. The van der Waals surface area contributed by atoms with Crippen LogP contribution in [0.25, 0.3) is 0 Å². The summed E-state index contributed by atoms with van der Waals surface area (Å²) in [6.07, 6.45) is 0.377. The van der Waals surface area contributed by atoms with E-state index in [1.807, 2.05) is 38.1 Å². The molecule has 4 nitrogen and oxygen atoms in total. The fourth-order valence-corrected chi connectivity index (χ4v) is 2.73. The molecule has 1 amide bonds. The summed E-state index contributed by atoms with van der Waals surface area (Å²) in [5, 5.41) is 2.98. The molecule has 1 atom stereocenters. The average Bonchev–Trinajstić information content (AvgIpc) is 2.62. The highest BCUT2D eigenvalue weighted by Crippen LogP contribution is 2.20. The van der Waals surface area contributed by atoms with Crippen LogP contribution in [0.1, 0.15) is 36.1 Å². The van der Waals surface area contributed by atoms with Gasteiger partial charge in [0.1, 0.15) is 5.82 Å². The lowest BCUT2D eigenvalue weighted by atomic mass is 10.0. The zero-order valence-electron chi connectivity index (χ0n) is 14.7. The summed E-state index contributed by atoms with van der Waals surface area (Å²) >= 11 is 5.88. The quantitative estimate of drug-likeness (QED) is 0.738. The molecule has 0 unspecified atom stereocenters. The second-order valence-corrected chi connectivity index (χ2v) is 6.38. The minimum Gasteiger partial charge on any atom is -0.455 e. The highest BCUT2D eigenvalue weighted by atomic mass is 35.5. The molecule has 2 aromatic carbocycles. The Morgan fingerprint density at radius 3 is 2.50 bits per heavy atom. The van der Waals surface area contributed by atoms with Crippen molar-refractivity contribution in [2.75, 3.05) is 6.61 Å². The Bertz CT molecular complexity index is 757. The van der Waals surface area contributed by atoms with Crippen molar-refractivity contribution in [3.63, 3.8) is 0 Å². The van der Waals surface area contributed by atoms with Crippen LogP contribution >= 0.6 is 11.6 Å². The van der Waals surface area contributed by atoms with Crippen LogP contribution in [0, 0.1) is 12.7 Å². The van der Waals surface area contributed by atoms with Crippen molar-refractivity contribution < 1.29 is 18.7 Å². The first-order valence-electron chi connectivity index (χ1n) is 8.35. The van der Waals surface area contributed by atoms with Crippen molar-refractivity contribution in [3.05, 3.63) is 70.0 Å². The SMILES string of the molecule is CC[C@H](NC(=O)COC(=O)Cc1c(F)cccc1Cl)c1ccc(C)cc1. The summed E-state index contributed by atoms with van der Waals surface area (Å²) < 4.78 is 18.6. The maximum atomic E-state index is 13.7. The third-order valence-corrected chi connectivity index (χ3v) is 4.32. The number of nitrogens with one attached hydrogen (secondary N) is 1. The fraction of sp³-hybridized carbons (Fsp3) is 0.300. The highest BCUT2D eigenvalue weighted by molar-refractivity contribution is 6.31. The summed E-state index contributed by atoms with van der Waals surface area (Å²) in [7, 11) is 0. The maximum absolute atomic E-state index is 13.7. The molecule has 0 spiro atoms. The van der Waals surface area contributed by atoms with Gasteiger partial charge in [0, 0.05) is 10.6 Å². The molecule has 26 heavy (non-hydrogen) atoms. The van der Waals surface area contributed by atoms with Gasteiger partial charge in [-0.2, -0.15) is 0 Å². The van der Waals surface area contributed by atoms with Crippen LogP contribution in [0.4, 0.5) is 4.39 Å². The van der Waals surface area contributed by atoms with Gasteiger partial charge in [-0.1, -0.05) is 54.4 Å². The van der Waals surface area contributed by atoms with Crippen molar-refractivity contribution >= 4 is 23.5 Å². The highest BCUT2D eigenvalue weighted by Gasteiger charge is 2.16. The van der Waals surface area contributed by atoms with Gasteiger partial charge in [0.05, 0.1) is 12.5 Å². The number of rotatable bonds is 7. The minimum atomic E-state index is -0.712. The van der Waals surface area contributed by atoms with Gasteiger partial charge in [-0.25, -0.2) is 4.39 Å². The Hall–Kier alpha value is -2.40. The molecule has 0 bridgehead atoms. The largest absolute Gasteiger partial charge is 0.455 e. The van der Waals surface area contributed by atoms with Gasteiger partial charge in [-0.15, -0.1) is 0 Å². The van der Waals surface area contributed by atoms with E-state index in [2.05, 4.69) is 5.32 Å². The smallest absolute Gasteiger partial charge is 0.310 e. The number of hydrogen-bond donors (Lipinski definition) is 1. The standard InChI is InChI=1S/C20H21ClFNO3/c1-3-18(14-9-7-13(2)8-10-14)23-19(24)12-26-20(25)11-15-16(21)5-4-6-17(15)22/h4-10,18H,3,11-12H2,1-2H3,(H,23,24)/t18-/m0/s1. The number of carbonyl (C=O) groups is 2. The second-order valence-electron chi connectivity index (χ2n) is 5.98. The van der Waals surface area contributed by atoms with E-state index < -0.39 is 24.3 Å². The maximum Gasteiger partial charge on any atom is 0.310 e. The Balaban J connectivity index is 1.87. The number of ether oxygens (including phenoxy) is 1. The first-order valence-corrected chi connectivity index (χ1v) is 8.73. The number of aryl methyl sites for hydroxylation is 1. The Labute approximate surface area is 157 Å². The third kappa shape index (κ3) is 5.56. The van der Waals surface area contributed by atoms with Crippen LogP contribution < -0.4 is 5.32 Å². The van der Waals surface area contributed by atoms with Gasteiger partial charge in [0.15, 0.2) is 6.61 Å². The molecule has 0 radical (unpaired) electrons. The zero-order valence-corrected chi connectivity index (χ0v) is 15.5. The molecule has 2 aromatic rings. The molecule has 0 aliphatic carbocycles. The Morgan fingerprint density at radius 1 is 1.19 bits per heavy atom. The number of amides is 1. The molecule has 6 heteroatoms. The minimum absolute atomic E-state index is 0.0608. The van der Waals surface area contributed by atoms with E-state index in [4.69, 9.17) is 16.3 Å². The molecular weight excluding hydrogens is 357 g/mol. The Morgan fingerprint density at radius 2 is 1.88 bits per heavy atom. The number of benzene rings is 2. The first-order chi connectivity index (χ1) is 12.4. The average molecular weight is 378 g/mol. The summed E-state index contributed by atoms with van der Waals surface area (Å²) in [5.41, 5.74) is 2.18. The molecule has 1 N–H and O–H groups in total. The van der Waals surface area contributed by atoms with Crippen molar-refractivity contribution in [2.45, 2.75) is 32.7 Å². The molecule has 2 rings (SSSR count). The van der Waals surface area contributed by atoms with Crippen LogP contribution in [-0.4, -0.2) is 18.5 Å². The molecule has 138 valence electrons. The lowest BCUT2D eigenvalue weighted by molar-refractivity contribution is -0.148. The van der Waals surface area contributed by atoms with Crippen molar-refractivity contribution in [1.29, 1.82) is 0 Å². The van der Waals surface area contributed by atoms with Gasteiger partial charge >= 0.3 is 5.97 Å². The number of hydrogen-bond acceptors (Lipinski definition) is 3. The Kier molecular flexibility index (Phi) is 7.16. The molecular formula is C20H21ClFNO3. The van der Waals surface area contributed by atoms with E-state index in [1.54, 1.807) is 0 Å². The lowest BCUT2D eigenvalue weighted by Gasteiger charge is -2.17. The summed E-state index contributed by atoms with van der Waals surface area (Å²) in [5.74, 6) is -1.70. The zero-order chi connectivity index (χ0) is 19.1. The van der Waals surface area contributed by atoms with Gasteiger partial charge in [-0.05, 0) is 31.0 Å². The third-order valence-electron chi connectivity index (χ3n) is 3.97. The predicted octanol–water partition coefficient (Wildman–Crippen LogP) is 4.14. The first kappa shape index (κ1) is 19.9. The topological polar surface area (TPSA) is 55.4 Å². The van der Waals surface area contributed by atoms with Crippen molar-refractivity contribution in [1.82, 2.24) is 5.32 Å². The number of halogens is 2. The van der Waals surface area contributed by atoms with Crippen molar-refractivity contribution in [2.24, 2.45) is 0 Å². The monoisotopic (exact) mass is 377 g/mol. The molecule has 0 aliphatic rings. The summed E-state index contributed by atoms with van der Waals surface area (Å²) in [6.45, 7) is 3.52. The molecule has 0 aromatic heterocycles. The van der Waals surface area contributed by atoms with Crippen LogP contribution in [0.2, 0.25) is 5.02 Å². The van der Waals surface area contributed by atoms with Crippen LogP contribution in [0.3, 0.4) is 0 Å². The number of esters is 1. The van der Waals surface area contributed by atoms with Crippen LogP contribution in [0.5, 0.6) is 0 Å². The summed E-state index contributed by atoms with van der Waals surface area (Å²) in [4.78, 5) is 23.9.